The minimum Gasteiger partial charge on any atom is -0.344 e. The zero-order chi connectivity index (χ0) is 26.6. The number of aryl methyl sites for hydroxylation is 3. The first kappa shape index (κ1) is 26.5. The van der Waals surface area contributed by atoms with Crippen LogP contribution < -0.4 is 9.62 Å². The van der Waals surface area contributed by atoms with E-state index in [1.165, 1.54) is 0 Å². The van der Waals surface area contributed by atoms with Crippen molar-refractivity contribution in [2.45, 2.75) is 31.7 Å². The molecule has 37 heavy (non-hydrogen) atoms. The molecule has 0 aliphatic rings. The monoisotopic (exact) mass is 532 g/mol. The second kappa shape index (κ2) is 11.2. The summed E-state index contributed by atoms with van der Waals surface area (Å²) in [5.41, 5.74) is 4.96. The number of benzene rings is 4. The summed E-state index contributed by atoms with van der Waals surface area (Å²) in [5.74, 6) is -0.443. The Morgan fingerprint density at radius 2 is 1.38 bits per heavy atom. The summed E-state index contributed by atoms with van der Waals surface area (Å²) in [6.45, 7) is 5.31. The van der Waals surface area contributed by atoms with Gasteiger partial charge in [0.15, 0.2) is 0 Å². The summed E-state index contributed by atoms with van der Waals surface area (Å²) in [4.78, 5) is 13.6. The lowest BCUT2D eigenvalue weighted by atomic mass is 9.98. The van der Waals surface area contributed by atoms with Crippen molar-refractivity contribution >= 4 is 33.2 Å². The minimum absolute atomic E-state index is 0.0979. The third kappa shape index (κ3) is 6.21. The number of nitrogens with zero attached hydrogens (tertiary/aromatic N) is 1. The zero-order valence-electron chi connectivity index (χ0n) is 21.0. The molecule has 0 heterocycles. The number of sulfonamides is 1. The van der Waals surface area contributed by atoms with E-state index in [1.54, 1.807) is 42.5 Å². The van der Waals surface area contributed by atoms with Gasteiger partial charge in [-0.1, -0.05) is 95.5 Å². The molecular formula is C30H29ClN2O3S. The number of rotatable bonds is 8. The van der Waals surface area contributed by atoms with Crippen LogP contribution in [-0.4, -0.2) is 20.9 Å². The molecule has 190 valence electrons. The largest absolute Gasteiger partial charge is 0.344 e. The van der Waals surface area contributed by atoms with Gasteiger partial charge in [-0.15, -0.1) is 0 Å². The standard InChI is InChI=1S/C30H29ClN2O3S/c1-21-9-14-25(15-10-21)30(24-7-5-4-6-8-24)32-29(34)20-33(26-16-13-23(3)28(31)19-26)37(35,36)27-17-11-22(2)12-18-27/h4-19,30H,20H2,1-3H3,(H,32,34)/t30-/m1/s1. The van der Waals surface area contributed by atoms with Gasteiger partial charge in [-0.3, -0.25) is 9.10 Å². The molecule has 1 amide bonds. The van der Waals surface area contributed by atoms with Crippen molar-refractivity contribution in [1.82, 2.24) is 5.32 Å². The van der Waals surface area contributed by atoms with Gasteiger partial charge < -0.3 is 5.32 Å². The lowest BCUT2D eigenvalue weighted by Crippen LogP contribution is -2.42. The second-order valence-corrected chi connectivity index (χ2v) is 11.3. The first-order valence-electron chi connectivity index (χ1n) is 11.9. The highest BCUT2D eigenvalue weighted by Gasteiger charge is 2.29. The predicted octanol–water partition coefficient (Wildman–Crippen LogP) is 6.37. The van der Waals surface area contributed by atoms with Crippen LogP contribution in [0.5, 0.6) is 0 Å². The van der Waals surface area contributed by atoms with Crippen molar-refractivity contribution in [2.75, 3.05) is 10.8 Å². The van der Waals surface area contributed by atoms with Crippen LogP contribution in [-0.2, 0) is 14.8 Å². The van der Waals surface area contributed by atoms with Crippen molar-refractivity contribution in [3.63, 3.8) is 0 Å². The highest BCUT2D eigenvalue weighted by Crippen LogP contribution is 2.29. The Kier molecular flexibility index (Phi) is 8.00. The van der Waals surface area contributed by atoms with E-state index in [0.29, 0.717) is 10.7 Å². The first-order chi connectivity index (χ1) is 17.6. The van der Waals surface area contributed by atoms with Crippen LogP contribution in [0.4, 0.5) is 5.69 Å². The molecule has 0 spiro atoms. The van der Waals surface area contributed by atoms with Gasteiger partial charge in [-0.2, -0.15) is 0 Å². The molecule has 4 aromatic rings. The molecular weight excluding hydrogens is 504 g/mol. The second-order valence-electron chi connectivity index (χ2n) is 9.08. The average Bonchev–Trinajstić information content (AvgIpc) is 2.89. The van der Waals surface area contributed by atoms with E-state index in [0.717, 1.165) is 32.1 Å². The van der Waals surface area contributed by atoms with E-state index in [-0.39, 0.29) is 4.90 Å². The number of halogens is 1. The van der Waals surface area contributed by atoms with Crippen LogP contribution in [0.1, 0.15) is 33.9 Å². The molecule has 0 saturated carbocycles. The Hall–Kier alpha value is -3.61. The maximum atomic E-state index is 13.7. The SMILES string of the molecule is Cc1ccc([C@H](NC(=O)CN(c2ccc(C)c(Cl)c2)S(=O)(=O)c2ccc(C)cc2)c2ccccc2)cc1. The van der Waals surface area contributed by atoms with Crippen molar-refractivity contribution < 1.29 is 13.2 Å². The van der Waals surface area contributed by atoms with E-state index in [9.17, 15) is 13.2 Å². The lowest BCUT2D eigenvalue weighted by Gasteiger charge is -2.26. The molecule has 0 radical (unpaired) electrons. The number of anilines is 1. The molecule has 5 nitrogen and oxygen atoms in total. The number of amides is 1. The van der Waals surface area contributed by atoms with Gasteiger partial charge in [0.2, 0.25) is 5.91 Å². The molecule has 0 aromatic heterocycles. The van der Waals surface area contributed by atoms with Crippen molar-refractivity contribution in [2.24, 2.45) is 0 Å². The third-order valence-corrected chi connectivity index (χ3v) is 8.38. The van der Waals surface area contributed by atoms with Crippen LogP contribution in [0.2, 0.25) is 5.02 Å². The molecule has 0 aliphatic carbocycles. The van der Waals surface area contributed by atoms with Crippen molar-refractivity contribution in [3.05, 3.63) is 130 Å². The Labute approximate surface area is 223 Å². The molecule has 0 fully saturated rings. The van der Waals surface area contributed by atoms with Crippen LogP contribution in [0.3, 0.4) is 0 Å². The Morgan fingerprint density at radius 3 is 1.97 bits per heavy atom. The molecule has 0 unspecified atom stereocenters. The Balaban J connectivity index is 1.70. The molecule has 4 aromatic carbocycles. The van der Waals surface area contributed by atoms with E-state index < -0.39 is 28.5 Å². The van der Waals surface area contributed by atoms with E-state index in [2.05, 4.69) is 5.32 Å². The normalized spacial score (nSPS) is 12.1. The predicted molar refractivity (Wildman–Crippen MR) is 150 cm³/mol. The molecule has 0 saturated heterocycles. The van der Waals surface area contributed by atoms with Crippen molar-refractivity contribution in [1.29, 1.82) is 0 Å². The Morgan fingerprint density at radius 1 is 0.811 bits per heavy atom. The summed E-state index contributed by atoms with van der Waals surface area (Å²) in [7, 11) is -4.05. The highest BCUT2D eigenvalue weighted by atomic mass is 35.5. The van der Waals surface area contributed by atoms with Gasteiger partial charge in [-0.05, 0) is 61.7 Å². The fourth-order valence-corrected chi connectivity index (χ4v) is 5.58. The zero-order valence-corrected chi connectivity index (χ0v) is 22.6. The Bertz CT molecular complexity index is 1490. The highest BCUT2D eigenvalue weighted by molar-refractivity contribution is 7.92. The third-order valence-electron chi connectivity index (χ3n) is 6.19. The number of carbonyl (C=O) groups is 1. The quantitative estimate of drug-likeness (QED) is 0.287. The number of hydrogen-bond acceptors (Lipinski definition) is 3. The fraction of sp³-hybridized carbons (Fsp3) is 0.167. The van der Waals surface area contributed by atoms with Crippen LogP contribution in [0.25, 0.3) is 0 Å². The number of hydrogen-bond donors (Lipinski definition) is 1. The molecule has 4 rings (SSSR count). The fourth-order valence-electron chi connectivity index (χ4n) is 3.99. The summed E-state index contributed by atoms with van der Waals surface area (Å²) in [5, 5.41) is 3.47. The maximum Gasteiger partial charge on any atom is 0.264 e. The first-order valence-corrected chi connectivity index (χ1v) is 13.7. The summed E-state index contributed by atoms with van der Waals surface area (Å²) >= 11 is 6.35. The van der Waals surface area contributed by atoms with E-state index in [4.69, 9.17) is 11.6 Å². The molecule has 7 heteroatoms. The smallest absolute Gasteiger partial charge is 0.264 e. The van der Waals surface area contributed by atoms with Crippen LogP contribution >= 0.6 is 11.6 Å². The van der Waals surface area contributed by atoms with Gasteiger partial charge in [0, 0.05) is 5.02 Å². The van der Waals surface area contributed by atoms with Gasteiger partial charge >= 0.3 is 0 Å². The van der Waals surface area contributed by atoms with Gasteiger partial charge in [0.1, 0.15) is 6.54 Å². The molecule has 1 atom stereocenters. The summed E-state index contributed by atoms with van der Waals surface area (Å²) in [6.07, 6.45) is 0. The van der Waals surface area contributed by atoms with Gasteiger partial charge in [0.05, 0.1) is 16.6 Å². The van der Waals surface area contributed by atoms with Crippen LogP contribution in [0, 0.1) is 20.8 Å². The topological polar surface area (TPSA) is 66.5 Å². The maximum absolute atomic E-state index is 13.7. The van der Waals surface area contributed by atoms with Gasteiger partial charge in [0.25, 0.3) is 10.0 Å². The molecule has 1 N–H and O–H groups in total. The molecule has 0 aliphatic heterocycles. The average molecular weight is 533 g/mol. The minimum atomic E-state index is -4.05. The lowest BCUT2D eigenvalue weighted by molar-refractivity contribution is -0.120. The summed E-state index contributed by atoms with van der Waals surface area (Å²) in [6, 6.07) is 28.6. The number of carbonyl (C=O) groups excluding carboxylic acids is 1. The van der Waals surface area contributed by atoms with E-state index >= 15 is 0 Å². The van der Waals surface area contributed by atoms with Crippen LogP contribution in [0.15, 0.2) is 102 Å². The molecule has 0 bridgehead atoms. The summed E-state index contributed by atoms with van der Waals surface area (Å²) < 4.78 is 28.6. The van der Waals surface area contributed by atoms with Crippen molar-refractivity contribution in [3.8, 4) is 0 Å². The van der Waals surface area contributed by atoms with E-state index in [1.807, 2.05) is 75.4 Å². The van der Waals surface area contributed by atoms with Gasteiger partial charge in [-0.25, -0.2) is 8.42 Å². The number of nitrogens with one attached hydrogen (secondary N) is 1.